The molecule has 0 unspecified atom stereocenters. The van der Waals surface area contributed by atoms with Crippen molar-refractivity contribution in [1.29, 1.82) is 0 Å². The van der Waals surface area contributed by atoms with E-state index >= 15 is 0 Å². The summed E-state index contributed by atoms with van der Waals surface area (Å²) in [6, 6.07) is 0.966. The summed E-state index contributed by atoms with van der Waals surface area (Å²) in [6.45, 7) is 0. The van der Waals surface area contributed by atoms with E-state index in [-0.39, 0.29) is 15.6 Å². The molecule has 2 N–H and O–H groups in total. The molecule has 1 aromatic carbocycles. The fourth-order valence-electron chi connectivity index (χ4n) is 1.07. The summed E-state index contributed by atoms with van der Waals surface area (Å²) in [5, 5.41) is 4.13. The number of ether oxygens (including phenoxy) is 1. The minimum atomic E-state index is -4.12. The van der Waals surface area contributed by atoms with Gasteiger partial charge in [0.05, 0.1) is 27.7 Å². The Morgan fingerprint density at radius 2 is 1.82 bits per heavy atom. The molecule has 0 fully saturated rings. The summed E-state index contributed by atoms with van der Waals surface area (Å²) < 4.78 is 26.9. The monoisotopic (exact) mass is 317 g/mol. The summed E-state index contributed by atoms with van der Waals surface area (Å²) in [6.07, 6.45) is 0. The molecule has 0 spiro atoms. The van der Waals surface area contributed by atoms with Gasteiger partial charge < -0.3 is 4.74 Å². The SMILES string of the molecule is COC(=O)c1c(Cl)c(Cl)cc(S(N)(=O)=O)c1Cl. The summed E-state index contributed by atoms with van der Waals surface area (Å²) >= 11 is 17.2. The second-order valence-electron chi connectivity index (χ2n) is 2.90. The fraction of sp³-hybridized carbons (Fsp3) is 0.125. The standard InChI is InChI=1S/C8H6Cl3NO4S/c1-16-8(13)5-6(10)3(9)2-4(7(5)11)17(12,14)15/h2H,1H3,(H2,12,14,15). The lowest BCUT2D eigenvalue weighted by Crippen LogP contribution is -2.15. The zero-order valence-corrected chi connectivity index (χ0v) is 11.4. The van der Waals surface area contributed by atoms with Crippen molar-refractivity contribution >= 4 is 50.8 Å². The van der Waals surface area contributed by atoms with E-state index in [1.165, 1.54) is 0 Å². The number of methoxy groups -OCH3 is 1. The summed E-state index contributed by atoms with van der Waals surface area (Å²) in [5.74, 6) is -0.910. The Kier molecular flexibility index (Phi) is 4.27. The van der Waals surface area contributed by atoms with E-state index in [1.54, 1.807) is 0 Å². The lowest BCUT2D eigenvalue weighted by atomic mass is 10.2. The molecule has 94 valence electrons. The molecular weight excluding hydrogens is 313 g/mol. The molecule has 5 nitrogen and oxygen atoms in total. The van der Waals surface area contributed by atoms with Gasteiger partial charge in [0.25, 0.3) is 0 Å². The van der Waals surface area contributed by atoms with Gasteiger partial charge in [-0.05, 0) is 6.07 Å². The van der Waals surface area contributed by atoms with E-state index in [1.807, 2.05) is 0 Å². The van der Waals surface area contributed by atoms with E-state index in [4.69, 9.17) is 39.9 Å². The average Bonchev–Trinajstić information content (AvgIpc) is 2.21. The Balaban J connectivity index is 3.72. The molecule has 0 saturated heterocycles. The predicted octanol–water partition coefficient (Wildman–Crippen LogP) is 2.08. The van der Waals surface area contributed by atoms with Crippen LogP contribution in [0.4, 0.5) is 0 Å². The molecule has 0 radical (unpaired) electrons. The molecule has 0 aromatic heterocycles. The highest BCUT2D eigenvalue weighted by Gasteiger charge is 2.25. The lowest BCUT2D eigenvalue weighted by Gasteiger charge is -2.10. The molecular formula is C8H6Cl3NO4S. The molecule has 0 aliphatic rings. The van der Waals surface area contributed by atoms with Gasteiger partial charge in [0.2, 0.25) is 10.0 Å². The number of halogens is 3. The number of carbonyl (C=O) groups excluding carboxylic acids is 1. The first-order valence-electron chi connectivity index (χ1n) is 3.98. The van der Waals surface area contributed by atoms with Crippen molar-refractivity contribution in [3.8, 4) is 0 Å². The van der Waals surface area contributed by atoms with Gasteiger partial charge in [-0.3, -0.25) is 0 Å². The van der Waals surface area contributed by atoms with Gasteiger partial charge in [-0.1, -0.05) is 34.8 Å². The molecule has 0 saturated carbocycles. The molecule has 0 bridgehead atoms. The minimum absolute atomic E-state index is 0.166. The van der Waals surface area contributed by atoms with E-state index < -0.39 is 25.9 Å². The Morgan fingerprint density at radius 3 is 2.24 bits per heavy atom. The summed E-state index contributed by atoms with van der Waals surface area (Å²) in [4.78, 5) is 10.9. The van der Waals surface area contributed by atoms with Gasteiger partial charge >= 0.3 is 5.97 Å². The molecule has 17 heavy (non-hydrogen) atoms. The van der Waals surface area contributed by atoms with Crippen LogP contribution in [0.3, 0.4) is 0 Å². The Labute approximate surface area is 112 Å². The summed E-state index contributed by atoms with van der Waals surface area (Å²) in [5.41, 5.74) is -0.340. The molecule has 1 aromatic rings. The molecule has 0 atom stereocenters. The van der Waals surface area contributed by atoms with E-state index in [0.29, 0.717) is 0 Å². The molecule has 0 amide bonds. The molecule has 1 rings (SSSR count). The Morgan fingerprint density at radius 1 is 1.29 bits per heavy atom. The van der Waals surface area contributed by atoms with E-state index in [2.05, 4.69) is 4.74 Å². The third-order valence-electron chi connectivity index (χ3n) is 1.82. The first-order valence-corrected chi connectivity index (χ1v) is 6.66. The zero-order chi connectivity index (χ0) is 13.4. The maximum Gasteiger partial charge on any atom is 0.341 e. The number of hydrogen-bond acceptors (Lipinski definition) is 4. The third kappa shape index (κ3) is 2.83. The number of benzene rings is 1. The van der Waals surface area contributed by atoms with Crippen LogP contribution in [0.25, 0.3) is 0 Å². The smallest absolute Gasteiger partial charge is 0.341 e. The molecule has 0 aliphatic carbocycles. The number of nitrogens with two attached hydrogens (primary N) is 1. The van der Waals surface area contributed by atoms with Crippen molar-refractivity contribution in [1.82, 2.24) is 0 Å². The topological polar surface area (TPSA) is 86.5 Å². The molecule has 9 heteroatoms. The number of hydrogen-bond donors (Lipinski definition) is 1. The Hall–Kier alpha value is -0.530. The van der Waals surface area contributed by atoms with Crippen LogP contribution in [0.1, 0.15) is 10.4 Å². The lowest BCUT2D eigenvalue weighted by molar-refractivity contribution is 0.0601. The van der Waals surface area contributed by atoms with Crippen molar-refractivity contribution in [2.75, 3.05) is 7.11 Å². The van der Waals surface area contributed by atoms with Crippen LogP contribution in [0.5, 0.6) is 0 Å². The van der Waals surface area contributed by atoms with E-state index in [0.717, 1.165) is 13.2 Å². The van der Waals surface area contributed by atoms with Crippen LogP contribution >= 0.6 is 34.8 Å². The van der Waals surface area contributed by atoms with Crippen LogP contribution in [-0.4, -0.2) is 21.5 Å². The van der Waals surface area contributed by atoms with Gasteiger partial charge in [0.15, 0.2) is 0 Å². The van der Waals surface area contributed by atoms with Crippen molar-refractivity contribution in [3.63, 3.8) is 0 Å². The Bertz CT molecular complexity index is 585. The highest BCUT2D eigenvalue weighted by molar-refractivity contribution is 7.89. The summed E-state index contributed by atoms with van der Waals surface area (Å²) in [7, 11) is -3.03. The largest absolute Gasteiger partial charge is 0.465 e. The number of primary sulfonamides is 1. The normalized spacial score (nSPS) is 11.4. The van der Waals surface area contributed by atoms with Gasteiger partial charge in [-0.25, -0.2) is 18.4 Å². The van der Waals surface area contributed by atoms with Crippen LogP contribution in [0, 0.1) is 0 Å². The number of sulfonamides is 1. The third-order valence-corrected chi connectivity index (χ3v) is 4.05. The van der Waals surface area contributed by atoms with Crippen LogP contribution in [-0.2, 0) is 14.8 Å². The highest BCUT2D eigenvalue weighted by Crippen LogP contribution is 2.36. The number of rotatable bonds is 2. The van der Waals surface area contributed by atoms with Gasteiger partial charge in [0, 0.05) is 0 Å². The van der Waals surface area contributed by atoms with E-state index in [9.17, 15) is 13.2 Å². The quantitative estimate of drug-likeness (QED) is 0.668. The van der Waals surface area contributed by atoms with Crippen molar-refractivity contribution in [2.45, 2.75) is 4.90 Å². The second kappa shape index (κ2) is 4.99. The van der Waals surface area contributed by atoms with Crippen molar-refractivity contribution in [3.05, 3.63) is 26.7 Å². The first-order chi connectivity index (χ1) is 7.70. The minimum Gasteiger partial charge on any atom is -0.465 e. The maximum absolute atomic E-state index is 11.4. The van der Waals surface area contributed by atoms with Crippen molar-refractivity contribution < 1.29 is 17.9 Å². The predicted molar refractivity (Wildman–Crippen MR) is 64.2 cm³/mol. The van der Waals surface area contributed by atoms with Crippen LogP contribution < -0.4 is 5.14 Å². The number of carbonyl (C=O) groups is 1. The van der Waals surface area contributed by atoms with Gasteiger partial charge in [-0.15, -0.1) is 0 Å². The van der Waals surface area contributed by atoms with Gasteiger partial charge in [-0.2, -0.15) is 0 Å². The molecule has 0 aliphatic heterocycles. The number of esters is 1. The fourth-order valence-corrected chi connectivity index (χ4v) is 2.79. The molecule has 0 heterocycles. The van der Waals surface area contributed by atoms with Crippen LogP contribution in [0.2, 0.25) is 15.1 Å². The van der Waals surface area contributed by atoms with Gasteiger partial charge in [0.1, 0.15) is 4.90 Å². The maximum atomic E-state index is 11.4. The van der Waals surface area contributed by atoms with Crippen LogP contribution in [0.15, 0.2) is 11.0 Å². The average molecular weight is 319 g/mol. The first kappa shape index (κ1) is 14.5. The highest BCUT2D eigenvalue weighted by atomic mass is 35.5. The van der Waals surface area contributed by atoms with Crippen molar-refractivity contribution in [2.24, 2.45) is 5.14 Å². The second-order valence-corrected chi connectivity index (χ2v) is 5.59. The zero-order valence-electron chi connectivity index (χ0n) is 8.33.